The van der Waals surface area contributed by atoms with Crippen molar-refractivity contribution in [1.82, 2.24) is 0 Å². The highest BCUT2D eigenvalue weighted by atomic mass is 32.2. The maximum atomic E-state index is 12.7. The molecule has 1 fully saturated rings. The molecule has 0 aliphatic carbocycles. The molecule has 1 saturated heterocycles. The number of nitriles is 1. The Morgan fingerprint density at radius 1 is 0.800 bits per heavy atom. The molecule has 0 radical (unpaired) electrons. The topological polar surface area (TPSA) is 129 Å². The molecule has 10 heteroatoms. The smallest absolute Gasteiger partial charge is 0.303 e. The lowest BCUT2D eigenvalue weighted by molar-refractivity contribution is -0.186. The quantitative estimate of drug-likeness (QED) is 0.320. The van der Waals surface area contributed by atoms with Gasteiger partial charge in [-0.3, -0.25) is 19.2 Å². The number of nitrogens with zero attached hydrogens (tertiary/aromatic N) is 1. The Kier molecular flexibility index (Phi) is 8.49. The third-order valence-corrected chi connectivity index (χ3v) is 6.16. The summed E-state index contributed by atoms with van der Waals surface area (Å²) in [5, 5.41) is 8.90. The molecule has 0 saturated carbocycles. The molecule has 182 valence electrons. The summed E-state index contributed by atoms with van der Waals surface area (Å²) >= 11 is 1.24. The minimum Gasteiger partial charge on any atom is -0.476 e. The predicted molar refractivity (Wildman–Crippen MR) is 125 cm³/mol. The van der Waals surface area contributed by atoms with E-state index in [0.29, 0.717) is 22.4 Å². The van der Waals surface area contributed by atoms with E-state index >= 15 is 0 Å². The molecule has 0 spiro atoms. The Balaban J connectivity index is 1.78. The Labute approximate surface area is 206 Å². The van der Waals surface area contributed by atoms with E-state index in [-0.39, 0.29) is 11.5 Å². The number of carbonyl (C=O) groups is 4. The third kappa shape index (κ3) is 6.83. The van der Waals surface area contributed by atoms with Crippen LogP contribution < -0.4 is 4.74 Å². The van der Waals surface area contributed by atoms with E-state index in [9.17, 15) is 19.2 Å². The lowest BCUT2D eigenvalue weighted by atomic mass is 10.0. The van der Waals surface area contributed by atoms with Gasteiger partial charge in [0, 0.05) is 37.7 Å². The van der Waals surface area contributed by atoms with E-state index in [0.717, 1.165) is 0 Å². The minimum absolute atomic E-state index is 0.218. The van der Waals surface area contributed by atoms with Gasteiger partial charge in [0.1, 0.15) is 5.75 Å². The number of benzene rings is 2. The van der Waals surface area contributed by atoms with E-state index in [1.807, 2.05) is 6.07 Å². The van der Waals surface area contributed by atoms with Gasteiger partial charge in [-0.15, -0.1) is 11.8 Å². The van der Waals surface area contributed by atoms with Crippen molar-refractivity contribution in [3.8, 4) is 11.8 Å². The molecule has 1 heterocycles. The highest BCUT2D eigenvalue weighted by molar-refractivity contribution is 7.99. The lowest BCUT2D eigenvalue weighted by Crippen LogP contribution is -2.55. The van der Waals surface area contributed by atoms with Gasteiger partial charge in [0.2, 0.25) is 0 Å². The molecule has 0 amide bonds. The van der Waals surface area contributed by atoms with Gasteiger partial charge >= 0.3 is 17.9 Å². The van der Waals surface area contributed by atoms with Crippen molar-refractivity contribution in [2.75, 3.05) is 5.75 Å². The molecule has 0 bridgehead atoms. The predicted octanol–water partition coefficient (Wildman–Crippen LogP) is 3.04. The van der Waals surface area contributed by atoms with Crippen molar-refractivity contribution in [2.24, 2.45) is 0 Å². The highest BCUT2D eigenvalue weighted by Gasteiger charge is 2.47. The van der Waals surface area contributed by atoms with Crippen molar-refractivity contribution in [1.29, 1.82) is 5.26 Å². The van der Waals surface area contributed by atoms with Crippen LogP contribution in [0.1, 0.15) is 42.3 Å². The number of thioether (sulfide) groups is 1. The van der Waals surface area contributed by atoms with Crippen LogP contribution in [0.4, 0.5) is 0 Å². The zero-order valence-corrected chi connectivity index (χ0v) is 20.1. The monoisotopic (exact) mass is 497 g/mol. The van der Waals surface area contributed by atoms with Crippen LogP contribution in [0.15, 0.2) is 48.5 Å². The van der Waals surface area contributed by atoms with Crippen LogP contribution in [0, 0.1) is 11.3 Å². The first-order valence-corrected chi connectivity index (χ1v) is 11.7. The number of hydrogen-bond donors (Lipinski definition) is 0. The first-order chi connectivity index (χ1) is 16.7. The second kappa shape index (κ2) is 11.5. The molecule has 35 heavy (non-hydrogen) atoms. The summed E-state index contributed by atoms with van der Waals surface area (Å²) in [6.07, 6.45) is -2.92. The molecule has 4 atom stereocenters. The second-order valence-electron chi connectivity index (χ2n) is 7.66. The normalized spacial score (nSPS) is 21.2. The summed E-state index contributed by atoms with van der Waals surface area (Å²) in [6.45, 7) is 3.65. The van der Waals surface area contributed by atoms with E-state index in [1.165, 1.54) is 32.5 Å². The minimum atomic E-state index is -1.05. The number of carbonyl (C=O) groups excluding carboxylic acids is 4. The Morgan fingerprint density at radius 2 is 1.31 bits per heavy atom. The number of hydrogen-bond acceptors (Lipinski definition) is 10. The van der Waals surface area contributed by atoms with E-state index in [4.69, 9.17) is 24.2 Å². The average Bonchev–Trinajstić information content (AvgIpc) is 2.82. The lowest BCUT2D eigenvalue weighted by Gasteiger charge is -2.39. The average molecular weight is 498 g/mol. The summed E-state index contributed by atoms with van der Waals surface area (Å²) in [6, 6.07) is 14.7. The fourth-order valence-corrected chi connectivity index (χ4v) is 4.71. The second-order valence-corrected chi connectivity index (χ2v) is 8.79. The fourth-order valence-electron chi connectivity index (χ4n) is 3.49. The van der Waals surface area contributed by atoms with Crippen LogP contribution in [0.3, 0.4) is 0 Å². The third-order valence-electron chi connectivity index (χ3n) is 4.95. The Hall–Kier alpha value is -3.84. The highest BCUT2D eigenvalue weighted by Crippen LogP contribution is 2.34. The summed E-state index contributed by atoms with van der Waals surface area (Å²) < 4.78 is 22.0. The van der Waals surface area contributed by atoms with E-state index < -0.39 is 41.7 Å². The molecule has 1 aliphatic rings. The van der Waals surface area contributed by atoms with Crippen molar-refractivity contribution in [3.05, 3.63) is 65.2 Å². The zero-order chi connectivity index (χ0) is 25.5. The fraction of sp³-hybridized carbons (Fsp3) is 0.320. The largest absolute Gasteiger partial charge is 0.476 e. The van der Waals surface area contributed by atoms with Gasteiger partial charge in [0.05, 0.1) is 11.6 Å². The summed E-state index contributed by atoms with van der Waals surface area (Å²) in [7, 11) is 0. The Bertz CT molecular complexity index is 1140. The molecule has 0 N–H and O–H groups in total. The van der Waals surface area contributed by atoms with Crippen molar-refractivity contribution in [2.45, 2.75) is 44.5 Å². The summed E-state index contributed by atoms with van der Waals surface area (Å²) in [5.74, 6) is -1.38. The van der Waals surface area contributed by atoms with E-state index in [1.54, 1.807) is 48.5 Å². The first-order valence-electron chi connectivity index (χ1n) is 10.6. The van der Waals surface area contributed by atoms with Crippen LogP contribution in [0.2, 0.25) is 0 Å². The number of rotatable bonds is 7. The van der Waals surface area contributed by atoms with Gasteiger partial charge in [-0.25, -0.2) is 0 Å². The van der Waals surface area contributed by atoms with Crippen molar-refractivity contribution in [3.63, 3.8) is 0 Å². The molecule has 9 nitrogen and oxygen atoms in total. The standard InChI is InChI=1S/C25H23NO8S/c1-14(27)31-21-13-35-25(24(33-16(3)29)23(21)32-15(2)28)34-20-10-8-19(9-11-20)22(30)18-6-4-17(12-26)5-7-18/h4-11,21,23-25H,13H2,1-3H3/t21-,23+,24-,25?/m1/s1. The molecular weight excluding hydrogens is 474 g/mol. The van der Waals surface area contributed by atoms with Crippen LogP contribution in [-0.2, 0) is 28.6 Å². The molecule has 0 aromatic heterocycles. The van der Waals surface area contributed by atoms with Crippen LogP contribution in [0.25, 0.3) is 0 Å². The molecule has 1 unspecified atom stereocenters. The van der Waals surface area contributed by atoms with E-state index in [2.05, 4.69) is 0 Å². The number of esters is 3. The molecule has 2 aromatic rings. The van der Waals surface area contributed by atoms with Crippen molar-refractivity contribution >= 4 is 35.5 Å². The summed E-state index contributed by atoms with van der Waals surface area (Å²) in [4.78, 5) is 47.7. The number of ketones is 1. The molecular formula is C25H23NO8S. The SMILES string of the molecule is CC(=O)O[C@H]1[C@H](OC(C)=O)CSC(Oc2ccc(C(=O)c3ccc(C#N)cc3)cc2)[C@@H]1OC(C)=O. The van der Waals surface area contributed by atoms with Gasteiger partial charge in [-0.2, -0.15) is 5.26 Å². The van der Waals surface area contributed by atoms with Crippen LogP contribution >= 0.6 is 11.8 Å². The van der Waals surface area contributed by atoms with Crippen molar-refractivity contribution < 1.29 is 38.1 Å². The zero-order valence-electron chi connectivity index (χ0n) is 19.3. The maximum Gasteiger partial charge on any atom is 0.303 e. The van der Waals surface area contributed by atoms with Gasteiger partial charge in [0.15, 0.2) is 29.5 Å². The van der Waals surface area contributed by atoms with Crippen LogP contribution in [0.5, 0.6) is 5.75 Å². The van der Waals surface area contributed by atoms with Gasteiger partial charge in [-0.1, -0.05) is 0 Å². The Morgan fingerprint density at radius 3 is 1.83 bits per heavy atom. The molecule has 3 rings (SSSR count). The van der Waals surface area contributed by atoms with Gasteiger partial charge in [0.25, 0.3) is 0 Å². The van der Waals surface area contributed by atoms with Gasteiger partial charge in [-0.05, 0) is 48.5 Å². The summed E-state index contributed by atoms with van der Waals surface area (Å²) in [5.41, 5.74) is 0.550. The molecule has 1 aliphatic heterocycles. The van der Waals surface area contributed by atoms with Gasteiger partial charge < -0.3 is 18.9 Å². The first kappa shape index (κ1) is 25.8. The maximum absolute atomic E-state index is 12.7. The number of ether oxygens (including phenoxy) is 4. The van der Waals surface area contributed by atoms with Crippen LogP contribution in [-0.4, -0.2) is 53.2 Å². The molecule has 2 aromatic carbocycles.